The van der Waals surface area contributed by atoms with Crippen LogP contribution < -0.4 is 4.90 Å². The van der Waals surface area contributed by atoms with Crippen LogP contribution in [0.3, 0.4) is 0 Å². The van der Waals surface area contributed by atoms with E-state index < -0.39 is 10.8 Å². The zero-order valence-corrected chi connectivity index (χ0v) is 13.4. The Hall–Kier alpha value is -1.99. The van der Waals surface area contributed by atoms with Crippen molar-refractivity contribution in [3.8, 4) is 0 Å². The Morgan fingerprint density at radius 1 is 1.48 bits per heavy atom. The monoisotopic (exact) mass is 350 g/mol. The predicted octanol–water partition coefficient (Wildman–Crippen LogP) is 3.00. The number of rotatable bonds is 3. The number of hydrogen-bond acceptors (Lipinski definition) is 6. The average Bonchev–Trinajstić information content (AvgIpc) is 3.22. The first-order valence-corrected chi connectivity index (χ1v) is 8.18. The molecule has 0 N–H and O–H groups in total. The number of halogens is 1. The molecule has 4 rings (SSSR count). The van der Waals surface area contributed by atoms with E-state index in [9.17, 15) is 9.59 Å². The third-order valence-corrected chi connectivity index (χ3v) is 5.58. The molecule has 1 amide bonds. The van der Waals surface area contributed by atoms with Crippen molar-refractivity contribution in [1.29, 1.82) is 0 Å². The second-order valence-corrected chi connectivity index (χ2v) is 7.04. The van der Waals surface area contributed by atoms with E-state index in [4.69, 9.17) is 20.9 Å². The topological polar surface area (TPSA) is 72.6 Å². The number of aromatic nitrogens is 1. The van der Waals surface area contributed by atoms with E-state index in [1.165, 1.54) is 22.9 Å². The molecule has 0 spiro atoms. The molecule has 1 saturated heterocycles. The van der Waals surface area contributed by atoms with Crippen molar-refractivity contribution in [2.45, 2.75) is 29.2 Å². The van der Waals surface area contributed by atoms with Gasteiger partial charge in [-0.1, -0.05) is 28.5 Å². The van der Waals surface area contributed by atoms with Crippen LogP contribution in [-0.2, 0) is 20.9 Å². The molecule has 6 nitrogen and oxygen atoms in total. The van der Waals surface area contributed by atoms with E-state index in [1.54, 1.807) is 18.2 Å². The number of carbonyl (C=O) groups excluding carboxylic acids is 2. The Morgan fingerprint density at radius 2 is 2.35 bits per heavy atom. The third kappa shape index (κ3) is 2.22. The largest absolute Gasteiger partial charge is 0.455 e. The number of anilines is 1. The molecule has 0 saturated carbocycles. The van der Waals surface area contributed by atoms with Crippen LogP contribution in [0.5, 0.6) is 0 Å². The SMILES string of the molecule is O=C1CC[C@]2(C(=O)OCc3ccno3)Sc3ccc(Cl)cc3N12. The molecule has 1 fully saturated rings. The number of ether oxygens (including phenoxy) is 1. The van der Waals surface area contributed by atoms with Gasteiger partial charge >= 0.3 is 5.97 Å². The maximum atomic E-state index is 12.7. The molecule has 118 valence electrons. The number of nitrogens with zero attached hydrogens (tertiary/aromatic N) is 2. The Morgan fingerprint density at radius 3 is 3.13 bits per heavy atom. The van der Waals surface area contributed by atoms with Gasteiger partial charge in [0.25, 0.3) is 0 Å². The van der Waals surface area contributed by atoms with E-state index >= 15 is 0 Å². The molecular weight excluding hydrogens is 340 g/mol. The lowest BCUT2D eigenvalue weighted by Gasteiger charge is -2.28. The molecule has 3 heterocycles. The highest BCUT2D eigenvalue weighted by Crippen LogP contribution is 2.56. The van der Waals surface area contributed by atoms with Crippen LogP contribution in [0.15, 0.2) is 39.9 Å². The number of carbonyl (C=O) groups is 2. The van der Waals surface area contributed by atoms with Crippen LogP contribution in [0.1, 0.15) is 18.6 Å². The van der Waals surface area contributed by atoms with Crippen molar-refractivity contribution in [3.05, 3.63) is 41.2 Å². The molecule has 1 atom stereocenters. The fourth-order valence-electron chi connectivity index (χ4n) is 2.86. The van der Waals surface area contributed by atoms with Crippen molar-refractivity contribution in [3.63, 3.8) is 0 Å². The maximum absolute atomic E-state index is 12.7. The summed E-state index contributed by atoms with van der Waals surface area (Å²) in [5.74, 6) is -0.110. The number of hydrogen-bond donors (Lipinski definition) is 0. The summed E-state index contributed by atoms with van der Waals surface area (Å²) in [5, 5.41) is 4.09. The fourth-order valence-corrected chi connectivity index (χ4v) is 4.42. The molecule has 0 bridgehead atoms. The average molecular weight is 351 g/mol. The molecule has 23 heavy (non-hydrogen) atoms. The predicted molar refractivity (Wildman–Crippen MR) is 83.1 cm³/mol. The Kier molecular flexibility index (Phi) is 3.35. The number of esters is 1. The molecule has 0 aliphatic carbocycles. The Bertz CT molecular complexity index is 795. The fraction of sp³-hybridized carbons (Fsp3) is 0.267. The van der Waals surface area contributed by atoms with Crippen molar-refractivity contribution >= 4 is 40.9 Å². The summed E-state index contributed by atoms with van der Waals surface area (Å²) < 4.78 is 10.3. The van der Waals surface area contributed by atoms with E-state index in [1.807, 2.05) is 6.07 Å². The smallest absolute Gasteiger partial charge is 0.343 e. The summed E-state index contributed by atoms with van der Waals surface area (Å²) in [6, 6.07) is 6.89. The summed E-state index contributed by atoms with van der Waals surface area (Å²) in [7, 11) is 0. The normalized spacial score (nSPS) is 22.1. The minimum atomic E-state index is -1.05. The van der Waals surface area contributed by atoms with Crippen molar-refractivity contribution in [1.82, 2.24) is 5.16 Å². The van der Waals surface area contributed by atoms with Gasteiger partial charge in [-0.2, -0.15) is 0 Å². The van der Waals surface area contributed by atoms with Crippen LogP contribution in [0.4, 0.5) is 5.69 Å². The van der Waals surface area contributed by atoms with Gasteiger partial charge in [-0.15, -0.1) is 0 Å². The minimum absolute atomic E-state index is 0.0136. The second kappa shape index (κ2) is 5.28. The van der Waals surface area contributed by atoms with Gasteiger partial charge in [-0.25, -0.2) is 4.79 Å². The van der Waals surface area contributed by atoms with Crippen molar-refractivity contribution in [2.24, 2.45) is 0 Å². The lowest BCUT2D eigenvalue weighted by Crippen LogP contribution is -2.47. The number of fused-ring (bicyclic) bond motifs is 3. The standard InChI is InChI=1S/C15H11ClN2O4S/c16-9-1-2-12-11(7-9)18-13(19)3-5-15(18,23-12)14(20)21-8-10-4-6-17-22-10/h1-2,4,6-7H,3,5,8H2/t15-/m1/s1. The lowest BCUT2D eigenvalue weighted by atomic mass is 10.2. The van der Waals surface area contributed by atoms with Gasteiger partial charge in [0.05, 0.1) is 11.9 Å². The highest BCUT2D eigenvalue weighted by Gasteiger charge is 2.58. The van der Waals surface area contributed by atoms with E-state index in [0.29, 0.717) is 29.3 Å². The van der Waals surface area contributed by atoms with Gasteiger partial charge in [0.2, 0.25) is 5.91 Å². The summed E-state index contributed by atoms with van der Waals surface area (Å²) in [5.41, 5.74) is 0.668. The molecule has 2 aliphatic rings. The molecule has 0 unspecified atom stereocenters. The van der Waals surface area contributed by atoms with Gasteiger partial charge in [0, 0.05) is 28.8 Å². The van der Waals surface area contributed by atoms with Crippen molar-refractivity contribution in [2.75, 3.05) is 4.90 Å². The maximum Gasteiger partial charge on any atom is 0.343 e. The van der Waals surface area contributed by atoms with E-state index in [-0.39, 0.29) is 12.5 Å². The molecule has 0 radical (unpaired) electrons. The first kappa shape index (κ1) is 14.6. The van der Waals surface area contributed by atoms with Gasteiger partial charge in [0.15, 0.2) is 17.2 Å². The number of amides is 1. The quantitative estimate of drug-likeness (QED) is 0.792. The van der Waals surface area contributed by atoms with Crippen LogP contribution in [0.2, 0.25) is 5.02 Å². The minimum Gasteiger partial charge on any atom is -0.455 e. The molecule has 8 heteroatoms. The Balaban J connectivity index is 1.64. The van der Waals surface area contributed by atoms with Crippen LogP contribution in [0, 0.1) is 0 Å². The number of benzene rings is 1. The van der Waals surface area contributed by atoms with Gasteiger partial charge in [0.1, 0.15) is 0 Å². The summed E-state index contributed by atoms with van der Waals surface area (Å²) >= 11 is 7.37. The highest BCUT2D eigenvalue weighted by atomic mass is 35.5. The van der Waals surface area contributed by atoms with Gasteiger partial charge in [-0.05, 0) is 18.2 Å². The Labute approximate surface area is 140 Å². The van der Waals surface area contributed by atoms with Gasteiger partial charge < -0.3 is 9.26 Å². The summed E-state index contributed by atoms with van der Waals surface area (Å²) in [4.78, 5) is 26.3. The van der Waals surface area contributed by atoms with Crippen LogP contribution in [-0.4, -0.2) is 21.9 Å². The van der Waals surface area contributed by atoms with Crippen LogP contribution in [0.25, 0.3) is 0 Å². The molecule has 1 aromatic carbocycles. The van der Waals surface area contributed by atoms with Crippen molar-refractivity contribution < 1.29 is 18.8 Å². The summed E-state index contributed by atoms with van der Waals surface area (Å²) in [6.07, 6.45) is 2.18. The molecule has 2 aromatic rings. The van der Waals surface area contributed by atoms with Crippen LogP contribution >= 0.6 is 23.4 Å². The van der Waals surface area contributed by atoms with E-state index in [2.05, 4.69) is 5.16 Å². The molecule has 2 aliphatic heterocycles. The van der Waals surface area contributed by atoms with E-state index in [0.717, 1.165) is 4.90 Å². The first-order chi connectivity index (χ1) is 11.1. The number of thioether (sulfide) groups is 1. The highest BCUT2D eigenvalue weighted by molar-refractivity contribution is 8.02. The zero-order chi connectivity index (χ0) is 16.0. The lowest BCUT2D eigenvalue weighted by molar-refractivity contribution is -0.148. The van der Waals surface area contributed by atoms with Gasteiger partial charge in [-0.3, -0.25) is 9.69 Å². The first-order valence-electron chi connectivity index (χ1n) is 6.98. The molecular formula is C15H11ClN2O4S. The molecule has 1 aromatic heterocycles. The summed E-state index contributed by atoms with van der Waals surface area (Å²) in [6.45, 7) is -0.0136. The third-order valence-electron chi connectivity index (χ3n) is 3.88. The second-order valence-electron chi connectivity index (χ2n) is 5.28. The zero-order valence-electron chi connectivity index (χ0n) is 11.8.